The van der Waals surface area contributed by atoms with E-state index in [9.17, 15) is 14.4 Å². The first-order valence-electron chi connectivity index (χ1n) is 16.5. The lowest BCUT2D eigenvalue weighted by Gasteiger charge is -2.35. The van der Waals surface area contributed by atoms with Crippen LogP contribution in [-0.2, 0) is 22.6 Å². The number of nitrogens with zero attached hydrogens (tertiary/aromatic N) is 6. The van der Waals surface area contributed by atoms with E-state index < -0.39 is 12.0 Å². The van der Waals surface area contributed by atoms with Crippen molar-refractivity contribution in [1.29, 1.82) is 0 Å². The molecule has 0 radical (unpaired) electrons. The van der Waals surface area contributed by atoms with Crippen molar-refractivity contribution in [3.8, 4) is 0 Å². The van der Waals surface area contributed by atoms with E-state index >= 15 is 0 Å². The van der Waals surface area contributed by atoms with Gasteiger partial charge < -0.3 is 16.0 Å². The van der Waals surface area contributed by atoms with Gasteiger partial charge >= 0.3 is 6.03 Å². The van der Waals surface area contributed by atoms with Crippen molar-refractivity contribution < 1.29 is 14.4 Å². The number of pyridine rings is 1. The van der Waals surface area contributed by atoms with Gasteiger partial charge in [-0.1, -0.05) is 42.5 Å². The van der Waals surface area contributed by atoms with Gasteiger partial charge in [-0.2, -0.15) is 4.98 Å². The molecule has 0 bridgehead atoms. The lowest BCUT2D eigenvalue weighted by molar-refractivity contribution is -0.121. The van der Waals surface area contributed by atoms with Crippen molar-refractivity contribution in [1.82, 2.24) is 20.3 Å². The summed E-state index contributed by atoms with van der Waals surface area (Å²) in [5.41, 5.74) is 7.73. The number of aromatic nitrogens is 3. The maximum absolute atomic E-state index is 13.7. The number of amides is 4. The van der Waals surface area contributed by atoms with E-state index in [1.165, 1.54) is 4.90 Å². The topological polar surface area (TPSA) is 145 Å². The first-order valence-corrected chi connectivity index (χ1v) is 16.5. The normalized spacial score (nSPS) is 18.5. The molecule has 2 aromatic heterocycles. The minimum absolute atomic E-state index is 0.203. The van der Waals surface area contributed by atoms with Crippen LogP contribution < -0.4 is 25.8 Å². The summed E-state index contributed by atoms with van der Waals surface area (Å²) in [6.45, 7) is 5.99. The van der Waals surface area contributed by atoms with Gasteiger partial charge in [0.25, 0.3) is 0 Å². The molecule has 3 N–H and O–H groups in total. The smallest absolute Gasteiger partial charge is 0.325 e. The number of benzene rings is 2. The predicted octanol–water partition coefficient (Wildman–Crippen LogP) is 5.78. The lowest BCUT2D eigenvalue weighted by atomic mass is 9.91. The highest BCUT2D eigenvalue weighted by Crippen LogP contribution is 2.34. The summed E-state index contributed by atoms with van der Waals surface area (Å²) in [5.74, 6) is -0.0585. The third-order valence-corrected chi connectivity index (χ3v) is 9.08. The Morgan fingerprint density at radius 1 is 0.980 bits per heavy atom. The fraction of sp³-hybridized carbons (Fsp3) is 0.237. The minimum Gasteiger partial charge on any atom is -0.325 e. The van der Waals surface area contributed by atoms with Crippen molar-refractivity contribution in [2.24, 2.45) is 10.9 Å². The molecule has 0 spiro atoms. The molecule has 4 heterocycles. The van der Waals surface area contributed by atoms with Gasteiger partial charge in [0.2, 0.25) is 17.8 Å². The summed E-state index contributed by atoms with van der Waals surface area (Å²) < 4.78 is 0. The molecule has 12 nitrogen and oxygen atoms in total. The molecule has 50 heavy (non-hydrogen) atoms. The molecule has 2 aromatic carbocycles. The average molecular weight is 668 g/mol. The van der Waals surface area contributed by atoms with Gasteiger partial charge in [-0.05, 0) is 68.7 Å². The van der Waals surface area contributed by atoms with Gasteiger partial charge in [0.05, 0.1) is 30.0 Å². The molecule has 7 rings (SSSR count). The fourth-order valence-corrected chi connectivity index (χ4v) is 6.34. The zero-order valence-electron chi connectivity index (χ0n) is 28.3. The van der Waals surface area contributed by atoms with E-state index in [0.717, 1.165) is 39.4 Å². The molecular weight excluding hydrogens is 630 g/mol. The number of nitrogens with one attached hydrogen (secondary N) is 3. The third-order valence-electron chi connectivity index (χ3n) is 9.08. The van der Waals surface area contributed by atoms with Crippen LogP contribution in [0.2, 0.25) is 0 Å². The number of rotatable bonds is 7. The number of allylic oxidation sites excluding steroid dienone is 2. The van der Waals surface area contributed by atoms with Crippen molar-refractivity contribution in [2.75, 3.05) is 27.5 Å². The zero-order valence-corrected chi connectivity index (χ0v) is 28.3. The van der Waals surface area contributed by atoms with E-state index in [2.05, 4.69) is 30.9 Å². The Morgan fingerprint density at radius 2 is 1.78 bits per heavy atom. The second-order valence-corrected chi connectivity index (χ2v) is 12.7. The Kier molecular flexibility index (Phi) is 8.67. The number of carbonyl (C=O) groups excluding carboxylic acids is 3. The van der Waals surface area contributed by atoms with E-state index in [1.807, 2.05) is 81.4 Å². The van der Waals surface area contributed by atoms with E-state index in [-0.39, 0.29) is 24.4 Å². The maximum atomic E-state index is 13.7. The number of fused-ring (bicyclic) bond motifs is 2. The van der Waals surface area contributed by atoms with E-state index in [4.69, 9.17) is 4.99 Å². The van der Waals surface area contributed by atoms with Gasteiger partial charge in [-0.3, -0.25) is 29.4 Å². The summed E-state index contributed by atoms with van der Waals surface area (Å²) in [7, 11) is 1.68. The van der Waals surface area contributed by atoms with Crippen LogP contribution in [0.5, 0.6) is 0 Å². The number of urea groups is 1. The molecule has 0 saturated carbocycles. The van der Waals surface area contributed by atoms with Crippen LogP contribution in [0.4, 0.5) is 33.6 Å². The largest absolute Gasteiger partial charge is 0.330 e. The molecule has 252 valence electrons. The molecule has 3 aliphatic rings. The van der Waals surface area contributed by atoms with E-state index in [0.29, 0.717) is 41.7 Å². The van der Waals surface area contributed by atoms with Crippen LogP contribution in [0.15, 0.2) is 101 Å². The van der Waals surface area contributed by atoms with Crippen molar-refractivity contribution in [3.05, 3.63) is 119 Å². The van der Waals surface area contributed by atoms with Gasteiger partial charge in [-0.15, -0.1) is 0 Å². The quantitative estimate of drug-likeness (QED) is 0.227. The molecular formula is C38H37N9O3. The SMILES string of the molecule is CC1=N[C@@H](Cc2ccccc2)C(=O)NC2=CC(C(=O)Nc3ccc(C)c(N4Cc5cnc(Nc6ccc(C)nc6)nc5N(C)C4=O)c3)CC=C21. The first-order chi connectivity index (χ1) is 24.1. The molecule has 0 fully saturated rings. The molecule has 12 heteroatoms. The van der Waals surface area contributed by atoms with Crippen molar-refractivity contribution in [2.45, 2.75) is 46.2 Å². The standard InChI is InChI=1S/C38H37N9O3/c1-22-10-13-28(18-33(22)47-21-27-19-40-37(45-34(27)46(4)38(47)50)43-29-14-11-23(2)39-20-29)42-35(48)26-12-15-30-24(3)41-32(36(49)44-31(30)17-26)16-25-8-6-5-7-9-25/h5-11,13-15,17-20,26,32H,12,16,21H2,1-4H3,(H,42,48)(H,44,49)(H,40,43,45)/t26?,32-/m0/s1. The van der Waals surface area contributed by atoms with Gasteiger partial charge in [0.1, 0.15) is 11.9 Å². The van der Waals surface area contributed by atoms with E-state index in [1.54, 1.807) is 36.5 Å². The van der Waals surface area contributed by atoms with Gasteiger partial charge in [-0.25, -0.2) is 9.78 Å². The Labute approximate surface area is 290 Å². The molecule has 1 aliphatic carbocycles. The van der Waals surface area contributed by atoms with Crippen molar-refractivity contribution >= 4 is 52.4 Å². The Bertz CT molecular complexity index is 2090. The van der Waals surface area contributed by atoms with Crippen LogP contribution in [-0.4, -0.2) is 51.6 Å². The van der Waals surface area contributed by atoms with Crippen LogP contribution in [0.25, 0.3) is 0 Å². The molecule has 1 unspecified atom stereocenters. The Hall–Kier alpha value is -6.17. The number of carbonyl (C=O) groups is 3. The Morgan fingerprint density at radius 3 is 2.56 bits per heavy atom. The maximum Gasteiger partial charge on any atom is 0.330 e. The summed E-state index contributed by atoms with van der Waals surface area (Å²) >= 11 is 0. The highest BCUT2D eigenvalue weighted by Gasteiger charge is 2.33. The average Bonchev–Trinajstić information content (AvgIpc) is 3.23. The second kappa shape index (κ2) is 13.4. The fourth-order valence-electron chi connectivity index (χ4n) is 6.34. The Balaban J connectivity index is 1.05. The first kappa shape index (κ1) is 32.4. The number of hydrogen-bond donors (Lipinski definition) is 3. The number of hydrogen-bond acceptors (Lipinski definition) is 8. The number of anilines is 5. The summed E-state index contributed by atoms with van der Waals surface area (Å²) in [6.07, 6.45) is 8.13. The molecule has 2 aliphatic heterocycles. The molecule has 4 amide bonds. The summed E-state index contributed by atoms with van der Waals surface area (Å²) in [6, 6.07) is 18.3. The highest BCUT2D eigenvalue weighted by molar-refractivity contribution is 6.08. The van der Waals surface area contributed by atoms with Gasteiger partial charge in [0.15, 0.2) is 0 Å². The molecule has 2 atom stereocenters. The zero-order chi connectivity index (χ0) is 34.9. The third kappa shape index (κ3) is 6.59. The second-order valence-electron chi connectivity index (χ2n) is 12.7. The summed E-state index contributed by atoms with van der Waals surface area (Å²) in [5, 5.41) is 9.19. The number of aliphatic imine (C=N–C) groups is 1. The van der Waals surface area contributed by atoms with Crippen LogP contribution in [0.1, 0.15) is 35.7 Å². The summed E-state index contributed by atoms with van der Waals surface area (Å²) in [4.78, 5) is 61.7. The highest BCUT2D eigenvalue weighted by atomic mass is 16.2. The monoisotopic (exact) mass is 667 g/mol. The van der Waals surface area contributed by atoms with Crippen LogP contribution >= 0.6 is 0 Å². The molecule has 4 aromatic rings. The van der Waals surface area contributed by atoms with Crippen molar-refractivity contribution in [3.63, 3.8) is 0 Å². The lowest BCUT2D eigenvalue weighted by Crippen LogP contribution is -2.46. The molecule has 0 saturated heterocycles. The van der Waals surface area contributed by atoms with Gasteiger partial charge in [0, 0.05) is 53.6 Å². The number of aryl methyl sites for hydroxylation is 2. The minimum atomic E-state index is -0.562. The predicted molar refractivity (Wildman–Crippen MR) is 194 cm³/mol. The van der Waals surface area contributed by atoms with Crippen LogP contribution in [0, 0.1) is 19.8 Å². The van der Waals surface area contributed by atoms with Crippen LogP contribution in [0.3, 0.4) is 0 Å².